The average Bonchev–Trinajstić information content (AvgIpc) is 2.88. The first-order chi connectivity index (χ1) is 9.47. The molecule has 1 aliphatic rings. The second-order valence-electron chi connectivity index (χ2n) is 4.91. The fraction of sp³-hybridized carbons (Fsp3) is 0.500. The van der Waals surface area contributed by atoms with Crippen molar-refractivity contribution < 1.29 is 18.7 Å². The van der Waals surface area contributed by atoms with Crippen molar-refractivity contribution in [2.24, 2.45) is 0 Å². The van der Waals surface area contributed by atoms with Gasteiger partial charge in [-0.25, -0.2) is 9.18 Å². The Morgan fingerprint density at radius 2 is 2.10 bits per heavy atom. The zero-order valence-corrected chi connectivity index (χ0v) is 12.0. The van der Waals surface area contributed by atoms with E-state index < -0.39 is 17.9 Å². The van der Waals surface area contributed by atoms with Gasteiger partial charge in [-0.3, -0.25) is 0 Å². The predicted molar refractivity (Wildman–Crippen MR) is 74.3 cm³/mol. The van der Waals surface area contributed by atoms with Gasteiger partial charge in [0.25, 0.3) is 0 Å². The number of hydrogen-bond donors (Lipinski definition) is 1. The third kappa shape index (κ3) is 3.54. The first kappa shape index (κ1) is 14.9. The minimum atomic E-state index is -0.821. The molecule has 110 valence electrons. The maximum absolute atomic E-state index is 13.2. The Kier molecular flexibility index (Phi) is 4.70. The highest BCUT2D eigenvalue weighted by Crippen LogP contribution is 2.30. The van der Waals surface area contributed by atoms with Gasteiger partial charge in [0.15, 0.2) is 6.10 Å². The molecule has 2 N–H and O–H groups in total. The molecule has 6 heteroatoms. The van der Waals surface area contributed by atoms with Gasteiger partial charge < -0.3 is 15.2 Å². The van der Waals surface area contributed by atoms with E-state index in [1.54, 1.807) is 6.92 Å². The van der Waals surface area contributed by atoms with E-state index in [2.05, 4.69) is 0 Å². The van der Waals surface area contributed by atoms with Crippen molar-refractivity contribution in [1.29, 1.82) is 0 Å². The third-order valence-corrected chi connectivity index (χ3v) is 3.57. The summed E-state index contributed by atoms with van der Waals surface area (Å²) in [6.45, 7) is 1.56. The van der Waals surface area contributed by atoms with Gasteiger partial charge >= 0.3 is 5.97 Å². The molecular formula is C14H17ClFNO3. The van der Waals surface area contributed by atoms with Gasteiger partial charge in [0.1, 0.15) is 17.7 Å². The standard InChI is InChI=1S/C14H17ClFNO3/c1-8(14(18)20-9-4-2-3-5-9)19-13-7-12(17)11(16)6-10(13)15/h6-9H,2-5,17H2,1H3. The lowest BCUT2D eigenvalue weighted by atomic mass is 10.3. The highest BCUT2D eigenvalue weighted by atomic mass is 35.5. The number of nitrogens with two attached hydrogens (primary N) is 1. The first-order valence-corrected chi connectivity index (χ1v) is 6.97. The van der Waals surface area contributed by atoms with Crippen LogP contribution >= 0.6 is 11.6 Å². The summed E-state index contributed by atoms with van der Waals surface area (Å²) in [5.41, 5.74) is 5.36. The summed E-state index contributed by atoms with van der Waals surface area (Å²) in [5, 5.41) is 0.0669. The highest BCUT2D eigenvalue weighted by molar-refractivity contribution is 6.32. The fourth-order valence-corrected chi connectivity index (χ4v) is 2.33. The normalized spacial score (nSPS) is 16.9. The Hall–Kier alpha value is -1.49. The first-order valence-electron chi connectivity index (χ1n) is 6.59. The number of hydrogen-bond acceptors (Lipinski definition) is 4. The van der Waals surface area contributed by atoms with Crippen LogP contribution in [0.1, 0.15) is 32.6 Å². The Bertz CT molecular complexity index is 503. The number of halogens is 2. The zero-order valence-electron chi connectivity index (χ0n) is 11.2. The summed E-state index contributed by atoms with van der Waals surface area (Å²) in [6, 6.07) is 2.32. The lowest BCUT2D eigenvalue weighted by Crippen LogP contribution is -2.29. The van der Waals surface area contributed by atoms with Crippen LogP contribution in [0.4, 0.5) is 10.1 Å². The predicted octanol–water partition coefficient (Wildman–Crippen LogP) is 3.31. The number of nitrogen functional groups attached to an aromatic ring is 1. The monoisotopic (exact) mass is 301 g/mol. The number of anilines is 1. The van der Waals surface area contributed by atoms with Crippen LogP contribution in [0.2, 0.25) is 5.02 Å². The number of carbonyl (C=O) groups excluding carboxylic acids is 1. The lowest BCUT2D eigenvalue weighted by Gasteiger charge is -2.18. The van der Waals surface area contributed by atoms with Crippen LogP contribution in [0.5, 0.6) is 5.75 Å². The van der Waals surface area contributed by atoms with Crippen LogP contribution in [0.15, 0.2) is 12.1 Å². The topological polar surface area (TPSA) is 61.5 Å². The van der Waals surface area contributed by atoms with Crippen LogP contribution in [0.25, 0.3) is 0 Å². The number of benzene rings is 1. The van der Waals surface area contributed by atoms with E-state index in [0.29, 0.717) is 0 Å². The molecule has 0 bridgehead atoms. The molecule has 20 heavy (non-hydrogen) atoms. The summed E-state index contributed by atoms with van der Waals surface area (Å²) in [6.07, 6.45) is 3.09. The van der Waals surface area contributed by atoms with Crippen molar-refractivity contribution in [3.05, 3.63) is 23.0 Å². The molecule has 4 nitrogen and oxygen atoms in total. The van der Waals surface area contributed by atoms with Crippen molar-refractivity contribution in [2.45, 2.75) is 44.8 Å². The van der Waals surface area contributed by atoms with Gasteiger partial charge in [0.2, 0.25) is 0 Å². The number of rotatable bonds is 4. The van der Waals surface area contributed by atoms with Crippen LogP contribution < -0.4 is 10.5 Å². The van der Waals surface area contributed by atoms with Crippen LogP contribution in [0.3, 0.4) is 0 Å². The van der Waals surface area contributed by atoms with E-state index in [0.717, 1.165) is 31.7 Å². The number of carbonyl (C=O) groups is 1. The van der Waals surface area contributed by atoms with Crippen molar-refractivity contribution >= 4 is 23.3 Å². The molecule has 2 rings (SSSR count). The van der Waals surface area contributed by atoms with Gasteiger partial charge in [-0.05, 0) is 38.7 Å². The number of esters is 1. The van der Waals surface area contributed by atoms with Gasteiger partial charge in [-0.1, -0.05) is 11.6 Å². The van der Waals surface area contributed by atoms with E-state index in [-0.39, 0.29) is 22.6 Å². The van der Waals surface area contributed by atoms with Crippen molar-refractivity contribution in [3.8, 4) is 5.75 Å². The van der Waals surface area contributed by atoms with Gasteiger partial charge in [0.05, 0.1) is 10.7 Å². The van der Waals surface area contributed by atoms with E-state index in [1.165, 1.54) is 6.07 Å². The maximum Gasteiger partial charge on any atom is 0.347 e. The molecular weight excluding hydrogens is 285 g/mol. The average molecular weight is 302 g/mol. The minimum Gasteiger partial charge on any atom is -0.477 e. The second kappa shape index (κ2) is 6.31. The Balaban J connectivity index is 1.98. The molecule has 0 aliphatic heterocycles. The highest BCUT2D eigenvalue weighted by Gasteiger charge is 2.24. The summed E-state index contributed by atoms with van der Waals surface area (Å²) >= 11 is 5.85. The summed E-state index contributed by atoms with van der Waals surface area (Å²) in [7, 11) is 0. The van der Waals surface area contributed by atoms with Crippen molar-refractivity contribution in [2.75, 3.05) is 5.73 Å². The van der Waals surface area contributed by atoms with E-state index >= 15 is 0 Å². The van der Waals surface area contributed by atoms with Crippen LogP contribution in [0, 0.1) is 5.82 Å². The molecule has 0 spiro atoms. The molecule has 1 unspecified atom stereocenters. The molecule has 1 atom stereocenters. The summed E-state index contributed by atoms with van der Waals surface area (Å²) in [5.74, 6) is -0.902. The van der Waals surface area contributed by atoms with E-state index in [9.17, 15) is 9.18 Å². The zero-order chi connectivity index (χ0) is 14.7. The maximum atomic E-state index is 13.2. The Morgan fingerprint density at radius 1 is 1.45 bits per heavy atom. The molecule has 0 amide bonds. The van der Waals surface area contributed by atoms with Crippen molar-refractivity contribution in [3.63, 3.8) is 0 Å². The van der Waals surface area contributed by atoms with Gasteiger partial charge in [-0.15, -0.1) is 0 Å². The number of ether oxygens (including phenoxy) is 2. The SMILES string of the molecule is CC(Oc1cc(N)c(F)cc1Cl)C(=O)OC1CCCC1. The molecule has 1 aromatic rings. The van der Waals surface area contributed by atoms with Crippen LogP contribution in [-0.4, -0.2) is 18.2 Å². The minimum absolute atomic E-state index is 0.0256. The molecule has 1 saturated carbocycles. The van der Waals surface area contributed by atoms with Crippen molar-refractivity contribution in [1.82, 2.24) is 0 Å². The molecule has 0 radical (unpaired) electrons. The van der Waals surface area contributed by atoms with E-state index in [1.807, 2.05) is 0 Å². The van der Waals surface area contributed by atoms with Gasteiger partial charge in [0, 0.05) is 6.07 Å². The molecule has 0 saturated heterocycles. The molecule has 0 aromatic heterocycles. The van der Waals surface area contributed by atoms with E-state index in [4.69, 9.17) is 26.8 Å². The quantitative estimate of drug-likeness (QED) is 0.684. The third-order valence-electron chi connectivity index (χ3n) is 3.27. The molecule has 1 fully saturated rings. The van der Waals surface area contributed by atoms with Gasteiger partial charge in [-0.2, -0.15) is 0 Å². The summed E-state index contributed by atoms with van der Waals surface area (Å²) < 4.78 is 23.9. The second-order valence-corrected chi connectivity index (χ2v) is 5.31. The van der Waals surface area contributed by atoms with Crippen LogP contribution in [-0.2, 0) is 9.53 Å². The summed E-state index contributed by atoms with van der Waals surface area (Å²) in [4.78, 5) is 11.9. The Labute approximate surface area is 122 Å². The molecule has 0 heterocycles. The lowest BCUT2D eigenvalue weighted by molar-refractivity contribution is -0.156. The molecule has 1 aliphatic carbocycles. The largest absolute Gasteiger partial charge is 0.477 e. The Morgan fingerprint density at radius 3 is 2.75 bits per heavy atom. The fourth-order valence-electron chi connectivity index (χ4n) is 2.14. The smallest absolute Gasteiger partial charge is 0.347 e. The molecule has 1 aromatic carbocycles.